The van der Waals surface area contributed by atoms with Gasteiger partial charge in [-0.3, -0.25) is 0 Å². The summed E-state index contributed by atoms with van der Waals surface area (Å²) in [5.41, 5.74) is 0.542. The van der Waals surface area contributed by atoms with Crippen molar-refractivity contribution in [2.75, 3.05) is 7.11 Å². The van der Waals surface area contributed by atoms with Crippen LogP contribution < -0.4 is 0 Å². The molecule has 0 saturated heterocycles. The van der Waals surface area contributed by atoms with E-state index in [9.17, 15) is 4.79 Å². The molecule has 2 heterocycles. The van der Waals surface area contributed by atoms with E-state index >= 15 is 0 Å². The Hall–Kier alpha value is -2.31. The molecule has 0 aliphatic rings. The molecule has 0 N–H and O–H groups in total. The van der Waals surface area contributed by atoms with Crippen LogP contribution in [0.25, 0.3) is 11.5 Å². The van der Waals surface area contributed by atoms with Gasteiger partial charge in [-0.15, -0.1) is 10.2 Å². The Balaban J connectivity index is 2.32. The third-order valence-corrected chi connectivity index (χ3v) is 1.59. The Kier molecular flexibility index (Phi) is 2.36. The van der Waals surface area contributed by atoms with Crippen molar-refractivity contribution in [1.29, 1.82) is 0 Å². The van der Waals surface area contributed by atoms with Crippen LogP contribution in [0.2, 0.25) is 0 Å². The molecule has 7 nitrogen and oxygen atoms in total. The Bertz CT molecular complexity index is 468. The van der Waals surface area contributed by atoms with Crippen molar-refractivity contribution < 1.29 is 13.9 Å². The Morgan fingerprint density at radius 3 is 2.73 bits per heavy atom. The minimum absolute atomic E-state index is 0.177. The Morgan fingerprint density at radius 1 is 1.33 bits per heavy atom. The number of hydrogen-bond donors (Lipinski definition) is 0. The number of esters is 1. The molecule has 0 radical (unpaired) electrons. The fourth-order valence-electron chi connectivity index (χ4n) is 0.919. The van der Waals surface area contributed by atoms with E-state index in [2.05, 4.69) is 24.9 Å². The number of ether oxygens (including phenoxy) is 1. The number of carbonyl (C=O) groups excluding carboxylic acids is 1. The van der Waals surface area contributed by atoms with Gasteiger partial charge in [0.1, 0.15) is 6.33 Å². The summed E-state index contributed by atoms with van der Waals surface area (Å²) in [5.74, 6) is -0.696. The number of aromatic nitrogens is 4. The second kappa shape index (κ2) is 3.82. The highest BCUT2D eigenvalue weighted by Gasteiger charge is 2.15. The summed E-state index contributed by atoms with van der Waals surface area (Å²) >= 11 is 0. The Labute approximate surface area is 84.1 Å². The number of methoxy groups -OCH3 is 1. The van der Waals surface area contributed by atoms with Gasteiger partial charge in [0.15, 0.2) is 0 Å². The molecule has 2 aromatic rings. The lowest BCUT2D eigenvalue weighted by molar-refractivity contribution is 0.0556. The van der Waals surface area contributed by atoms with Crippen molar-refractivity contribution in [1.82, 2.24) is 20.2 Å². The summed E-state index contributed by atoms with van der Waals surface area (Å²) < 4.78 is 9.46. The number of rotatable bonds is 2. The molecule has 0 saturated carbocycles. The highest BCUT2D eigenvalue weighted by atomic mass is 16.5. The fraction of sp³-hybridized carbons (Fsp3) is 0.125. The van der Waals surface area contributed by atoms with Crippen molar-refractivity contribution in [3.8, 4) is 11.5 Å². The summed E-state index contributed by atoms with van der Waals surface area (Å²) in [7, 11) is 1.23. The quantitative estimate of drug-likeness (QED) is 0.653. The molecule has 0 aromatic carbocycles. The van der Waals surface area contributed by atoms with Crippen molar-refractivity contribution in [3.63, 3.8) is 0 Å². The molecule has 0 aliphatic carbocycles. The number of nitrogens with zero attached hydrogens (tertiary/aromatic N) is 4. The SMILES string of the molecule is COC(=O)c1nnc(-c2cncnc2)o1. The number of hydrogen-bond acceptors (Lipinski definition) is 7. The largest absolute Gasteiger partial charge is 0.462 e. The second-order valence-corrected chi connectivity index (χ2v) is 2.53. The first-order valence-electron chi connectivity index (χ1n) is 3.98. The molecule has 0 aliphatic heterocycles. The first-order chi connectivity index (χ1) is 7.31. The summed E-state index contributed by atoms with van der Waals surface area (Å²) in [6, 6.07) is 0. The van der Waals surface area contributed by atoms with Gasteiger partial charge < -0.3 is 9.15 Å². The number of carbonyl (C=O) groups is 1. The van der Waals surface area contributed by atoms with Crippen LogP contribution in [0.3, 0.4) is 0 Å². The fourth-order valence-corrected chi connectivity index (χ4v) is 0.919. The topological polar surface area (TPSA) is 91.0 Å². The van der Waals surface area contributed by atoms with Crippen LogP contribution >= 0.6 is 0 Å². The third kappa shape index (κ3) is 1.80. The van der Waals surface area contributed by atoms with Crippen molar-refractivity contribution in [3.05, 3.63) is 24.6 Å². The predicted molar refractivity (Wildman–Crippen MR) is 46.7 cm³/mol. The zero-order valence-electron chi connectivity index (χ0n) is 7.75. The highest BCUT2D eigenvalue weighted by molar-refractivity contribution is 5.84. The molecule has 7 heteroatoms. The normalized spacial score (nSPS) is 9.93. The molecular weight excluding hydrogens is 200 g/mol. The Morgan fingerprint density at radius 2 is 2.07 bits per heavy atom. The van der Waals surface area contributed by atoms with Gasteiger partial charge in [0, 0.05) is 12.4 Å². The monoisotopic (exact) mass is 206 g/mol. The van der Waals surface area contributed by atoms with E-state index in [-0.39, 0.29) is 11.8 Å². The zero-order chi connectivity index (χ0) is 10.7. The van der Waals surface area contributed by atoms with E-state index in [1.165, 1.54) is 25.8 Å². The molecule has 0 spiro atoms. The standard InChI is InChI=1S/C8H6N4O3/c1-14-8(13)7-12-11-6(15-7)5-2-9-4-10-3-5/h2-4H,1H3. The van der Waals surface area contributed by atoms with E-state index in [4.69, 9.17) is 4.42 Å². The molecular formula is C8H6N4O3. The van der Waals surface area contributed by atoms with Gasteiger partial charge in [-0.05, 0) is 0 Å². The molecule has 2 rings (SSSR count). The average molecular weight is 206 g/mol. The van der Waals surface area contributed by atoms with E-state index in [0.717, 1.165) is 0 Å². The maximum atomic E-state index is 11.0. The molecule has 15 heavy (non-hydrogen) atoms. The van der Waals surface area contributed by atoms with Crippen molar-refractivity contribution >= 4 is 5.97 Å². The zero-order valence-corrected chi connectivity index (χ0v) is 7.75. The van der Waals surface area contributed by atoms with E-state index in [1.807, 2.05) is 0 Å². The van der Waals surface area contributed by atoms with Crippen LogP contribution in [-0.2, 0) is 4.74 Å². The van der Waals surface area contributed by atoms with Gasteiger partial charge >= 0.3 is 11.9 Å². The smallest absolute Gasteiger partial charge is 0.396 e. The van der Waals surface area contributed by atoms with Crippen LogP contribution in [0.1, 0.15) is 10.7 Å². The minimum atomic E-state index is -0.675. The van der Waals surface area contributed by atoms with Gasteiger partial charge in [0.25, 0.3) is 5.89 Å². The van der Waals surface area contributed by atoms with Gasteiger partial charge in [-0.25, -0.2) is 14.8 Å². The van der Waals surface area contributed by atoms with Gasteiger partial charge in [-0.2, -0.15) is 0 Å². The summed E-state index contributed by atoms with van der Waals surface area (Å²) in [4.78, 5) is 18.6. The lowest BCUT2D eigenvalue weighted by Gasteiger charge is -1.91. The van der Waals surface area contributed by atoms with Crippen LogP contribution in [0.15, 0.2) is 23.1 Å². The van der Waals surface area contributed by atoms with E-state index < -0.39 is 5.97 Å². The van der Waals surface area contributed by atoms with Crippen LogP contribution in [0.4, 0.5) is 0 Å². The highest BCUT2D eigenvalue weighted by Crippen LogP contribution is 2.14. The summed E-state index contributed by atoms with van der Waals surface area (Å²) in [6.45, 7) is 0. The molecule has 0 bridgehead atoms. The second-order valence-electron chi connectivity index (χ2n) is 2.53. The minimum Gasteiger partial charge on any atom is -0.462 e. The first kappa shape index (κ1) is 9.25. The van der Waals surface area contributed by atoms with Crippen LogP contribution in [0.5, 0.6) is 0 Å². The van der Waals surface area contributed by atoms with Crippen molar-refractivity contribution in [2.24, 2.45) is 0 Å². The lowest BCUT2D eigenvalue weighted by Crippen LogP contribution is -2.00. The third-order valence-electron chi connectivity index (χ3n) is 1.59. The van der Waals surface area contributed by atoms with Gasteiger partial charge in [0.05, 0.1) is 12.7 Å². The predicted octanol–water partition coefficient (Wildman–Crippen LogP) is 0.313. The molecule has 0 amide bonds. The molecule has 2 aromatic heterocycles. The van der Waals surface area contributed by atoms with Crippen LogP contribution in [-0.4, -0.2) is 33.2 Å². The van der Waals surface area contributed by atoms with Crippen molar-refractivity contribution in [2.45, 2.75) is 0 Å². The molecule has 0 atom stereocenters. The molecule has 76 valence electrons. The average Bonchev–Trinajstić information content (AvgIpc) is 2.78. The summed E-state index contributed by atoms with van der Waals surface area (Å²) in [5, 5.41) is 7.17. The van der Waals surface area contributed by atoms with Gasteiger partial charge in [0.2, 0.25) is 0 Å². The van der Waals surface area contributed by atoms with Crippen LogP contribution in [0, 0.1) is 0 Å². The molecule has 0 fully saturated rings. The lowest BCUT2D eigenvalue weighted by atomic mass is 10.3. The van der Waals surface area contributed by atoms with E-state index in [1.54, 1.807) is 0 Å². The first-order valence-corrected chi connectivity index (χ1v) is 3.98. The molecule has 0 unspecified atom stereocenters. The van der Waals surface area contributed by atoms with E-state index in [0.29, 0.717) is 5.56 Å². The summed E-state index contributed by atoms with van der Waals surface area (Å²) in [6.07, 6.45) is 4.38. The van der Waals surface area contributed by atoms with Gasteiger partial charge in [-0.1, -0.05) is 0 Å². The maximum Gasteiger partial charge on any atom is 0.396 e. The maximum absolute atomic E-state index is 11.0.